The Labute approximate surface area is 124 Å². The van der Waals surface area contributed by atoms with Crippen molar-refractivity contribution in [2.24, 2.45) is 0 Å². The van der Waals surface area contributed by atoms with E-state index in [4.69, 9.17) is 0 Å². The maximum absolute atomic E-state index is 11.3. The number of hydrogen-bond acceptors (Lipinski definition) is 3. The molecule has 2 aromatic heterocycles. The first kappa shape index (κ1) is 14.1. The minimum Gasteiger partial charge on any atom is -0.477 e. The van der Waals surface area contributed by atoms with Crippen molar-refractivity contribution in [3.63, 3.8) is 0 Å². The summed E-state index contributed by atoms with van der Waals surface area (Å²) in [6, 6.07) is 5.76. The predicted molar refractivity (Wildman–Crippen MR) is 80.8 cm³/mol. The van der Waals surface area contributed by atoms with Crippen LogP contribution in [0.5, 0.6) is 0 Å². The van der Waals surface area contributed by atoms with E-state index in [0.717, 1.165) is 25.2 Å². The molecule has 1 saturated heterocycles. The Morgan fingerprint density at radius 2 is 2.24 bits per heavy atom. The summed E-state index contributed by atoms with van der Waals surface area (Å²) in [5.74, 6) is -0.528. The van der Waals surface area contributed by atoms with Crippen LogP contribution in [0.15, 0.2) is 24.4 Å². The zero-order chi connectivity index (χ0) is 15.0. The van der Waals surface area contributed by atoms with Crippen molar-refractivity contribution in [1.29, 1.82) is 0 Å². The molecule has 21 heavy (non-hydrogen) atoms. The number of piperidine rings is 1. The Balaban J connectivity index is 1.94. The molecule has 0 aliphatic carbocycles. The van der Waals surface area contributed by atoms with Crippen LogP contribution >= 0.6 is 0 Å². The van der Waals surface area contributed by atoms with E-state index in [1.54, 1.807) is 16.5 Å². The first-order valence-electron chi connectivity index (χ1n) is 7.51. The fourth-order valence-corrected chi connectivity index (χ4v) is 3.12. The predicted octanol–water partition coefficient (Wildman–Crippen LogP) is 2.62. The second kappa shape index (κ2) is 5.48. The van der Waals surface area contributed by atoms with Gasteiger partial charge in [0.05, 0.1) is 5.69 Å². The fraction of sp³-hybridized carbons (Fsp3) is 0.500. The molecule has 1 aliphatic heterocycles. The number of fused-ring (bicyclic) bond motifs is 1. The summed E-state index contributed by atoms with van der Waals surface area (Å²) in [6.45, 7) is 6.58. The molecular weight excluding hydrogens is 266 g/mol. The molecule has 0 bridgehead atoms. The number of pyridine rings is 1. The smallest absolute Gasteiger partial charge is 0.352 e. The maximum Gasteiger partial charge on any atom is 0.352 e. The van der Waals surface area contributed by atoms with E-state index >= 15 is 0 Å². The summed E-state index contributed by atoms with van der Waals surface area (Å²) in [7, 11) is 0. The van der Waals surface area contributed by atoms with Gasteiger partial charge in [-0.15, -0.1) is 0 Å². The number of likely N-dealkylation sites (tertiary alicyclic amines) is 1. The molecule has 5 nitrogen and oxygen atoms in total. The van der Waals surface area contributed by atoms with Crippen molar-refractivity contribution in [3.05, 3.63) is 35.8 Å². The number of rotatable bonds is 3. The van der Waals surface area contributed by atoms with E-state index in [0.29, 0.717) is 17.6 Å². The molecule has 5 heteroatoms. The molecule has 1 fully saturated rings. The highest BCUT2D eigenvalue weighted by molar-refractivity contribution is 5.86. The molecular formula is C16H21N3O2. The third-order valence-corrected chi connectivity index (χ3v) is 4.33. The van der Waals surface area contributed by atoms with Gasteiger partial charge in [0.15, 0.2) is 0 Å². The molecule has 3 rings (SSSR count). The molecule has 0 amide bonds. The second-order valence-corrected chi connectivity index (χ2v) is 6.04. The second-order valence-electron chi connectivity index (χ2n) is 6.04. The van der Waals surface area contributed by atoms with Crippen LogP contribution in [0.25, 0.3) is 5.65 Å². The number of nitrogens with zero attached hydrogens (tertiary/aromatic N) is 3. The number of imidazole rings is 1. The highest BCUT2D eigenvalue weighted by Gasteiger charge is 2.25. The zero-order valence-electron chi connectivity index (χ0n) is 12.5. The third kappa shape index (κ3) is 2.65. The van der Waals surface area contributed by atoms with Crippen LogP contribution in [-0.4, -0.2) is 44.5 Å². The molecule has 0 saturated carbocycles. The van der Waals surface area contributed by atoms with Gasteiger partial charge in [0.1, 0.15) is 11.3 Å². The minimum atomic E-state index is -0.919. The first-order chi connectivity index (χ1) is 10.1. The number of carboxylic acid groups (broad SMARTS) is 1. The molecule has 0 radical (unpaired) electrons. The van der Waals surface area contributed by atoms with Gasteiger partial charge in [-0.05, 0) is 45.4 Å². The summed E-state index contributed by atoms with van der Waals surface area (Å²) in [4.78, 5) is 18.4. The van der Waals surface area contributed by atoms with Gasteiger partial charge in [-0.25, -0.2) is 9.78 Å². The Kier molecular flexibility index (Phi) is 3.68. The molecule has 3 heterocycles. The van der Waals surface area contributed by atoms with Gasteiger partial charge in [-0.2, -0.15) is 0 Å². The Hall–Kier alpha value is -1.88. The quantitative estimate of drug-likeness (QED) is 0.942. The van der Waals surface area contributed by atoms with Crippen molar-refractivity contribution in [3.8, 4) is 0 Å². The average molecular weight is 287 g/mol. The van der Waals surface area contributed by atoms with Crippen molar-refractivity contribution in [2.75, 3.05) is 13.1 Å². The van der Waals surface area contributed by atoms with Crippen LogP contribution in [0.3, 0.4) is 0 Å². The normalized spacial score (nSPS) is 20.2. The maximum atomic E-state index is 11.3. The van der Waals surface area contributed by atoms with Gasteiger partial charge in [-0.1, -0.05) is 6.07 Å². The van der Waals surface area contributed by atoms with E-state index in [2.05, 4.69) is 23.7 Å². The van der Waals surface area contributed by atoms with Crippen molar-refractivity contribution >= 4 is 11.6 Å². The van der Waals surface area contributed by atoms with Crippen molar-refractivity contribution < 1.29 is 9.90 Å². The number of aromatic nitrogens is 2. The SMILES string of the molecule is CC(C)N1CCCC(c2cn3c(C(=O)O)cccc3n2)C1. The summed E-state index contributed by atoms with van der Waals surface area (Å²) in [5, 5.41) is 9.26. The highest BCUT2D eigenvalue weighted by Crippen LogP contribution is 2.27. The van der Waals surface area contributed by atoms with Crippen LogP contribution < -0.4 is 0 Å². The van der Waals surface area contributed by atoms with Crippen LogP contribution in [0.4, 0.5) is 0 Å². The number of hydrogen-bond donors (Lipinski definition) is 1. The average Bonchev–Trinajstić information content (AvgIpc) is 2.91. The monoisotopic (exact) mass is 287 g/mol. The molecule has 0 aromatic carbocycles. The summed E-state index contributed by atoms with van der Waals surface area (Å²) >= 11 is 0. The van der Waals surface area contributed by atoms with E-state index in [1.807, 2.05) is 12.3 Å². The molecule has 112 valence electrons. The van der Waals surface area contributed by atoms with E-state index in [-0.39, 0.29) is 5.69 Å². The van der Waals surface area contributed by atoms with Crippen LogP contribution in [-0.2, 0) is 0 Å². The Bertz CT molecular complexity index is 663. The summed E-state index contributed by atoms with van der Waals surface area (Å²) in [6.07, 6.45) is 4.19. The molecule has 1 unspecified atom stereocenters. The topological polar surface area (TPSA) is 57.8 Å². The fourth-order valence-electron chi connectivity index (χ4n) is 3.12. The van der Waals surface area contributed by atoms with Crippen molar-refractivity contribution in [2.45, 2.75) is 38.6 Å². The van der Waals surface area contributed by atoms with Gasteiger partial charge in [-0.3, -0.25) is 4.40 Å². The van der Waals surface area contributed by atoms with Crippen LogP contribution in [0.1, 0.15) is 48.8 Å². The lowest BCUT2D eigenvalue weighted by Crippen LogP contribution is -2.39. The third-order valence-electron chi connectivity index (χ3n) is 4.33. The highest BCUT2D eigenvalue weighted by atomic mass is 16.4. The molecule has 1 atom stereocenters. The van der Waals surface area contributed by atoms with Gasteiger partial charge < -0.3 is 10.0 Å². The minimum absolute atomic E-state index is 0.266. The van der Waals surface area contributed by atoms with Crippen molar-refractivity contribution in [1.82, 2.24) is 14.3 Å². The lowest BCUT2D eigenvalue weighted by Gasteiger charge is -2.34. The van der Waals surface area contributed by atoms with Crippen LogP contribution in [0, 0.1) is 0 Å². The van der Waals surface area contributed by atoms with E-state index in [1.165, 1.54) is 6.42 Å². The molecule has 2 aromatic rings. The summed E-state index contributed by atoms with van der Waals surface area (Å²) < 4.78 is 1.69. The van der Waals surface area contributed by atoms with Gasteiger partial charge in [0.2, 0.25) is 0 Å². The first-order valence-corrected chi connectivity index (χ1v) is 7.51. The van der Waals surface area contributed by atoms with Gasteiger partial charge in [0.25, 0.3) is 0 Å². The van der Waals surface area contributed by atoms with Gasteiger partial charge in [0, 0.05) is 24.7 Å². The number of carboxylic acids is 1. The zero-order valence-corrected chi connectivity index (χ0v) is 12.5. The molecule has 1 aliphatic rings. The molecule has 0 spiro atoms. The Morgan fingerprint density at radius 1 is 1.43 bits per heavy atom. The van der Waals surface area contributed by atoms with Gasteiger partial charge >= 0.3 is 5.97 Å². The lowest BCUT2D eigenvalue weighted by molar-refractivity contribution is 0.0689. The molecule has 1 N–H and O–H groups in total. The van der Waals surface area contributed by atoms with E-state index < -0.39 is 5.97 Å². The Morgan fingerprint density at radius 3 is 2.95 bits per heavy atom. The number of carbonyl (C=O) groups is 1. The van der Waals surface area contributed by atoms with E-state index in [9.17, 15) is 9.90 Å². The summed E-state index contributed by atoms with van der Waals surface area (Å²) in [5.41, 5.74) is 1.99. The number of aromatic carboxylic acids is 1. The standard InChI is InChI=1S/C16H21N3O2/c1-11(2)18-8-4-5-12(9-18)13-10-19-14(16(20)21)6-3-7-15(19)17-13/h3,6-7,10-12H,4-5,8-9H2,1-2H3,(H,20,21). The lowest BCUT2D eigenvalue weighted by atomic mass is 9.94. The van der Waals surface area contributed by atoms with Crippen LogP contribution in [0.2, 0.25) is 0 Å². The largest absolute Gasteiger partial charge is 0.477 e.